The minimum Gasteiger partial charge on any atom is -0.377 e. The molecule has 1 rings (SSSR count). The van der Waals surface area contributed by atoms with E-state index in [9.17, 15) is 8.42 Å². The summed E-state index contributed by atoms with van der Waals surface area (Å²) in [6, 6.07) is 5.44. The highest BCUT2D eigenvalue weighted by atomic mass is 32.2. The molecule has 1 atom stereocenters. The van der Waals surface area contributed by atoms with Crippen molar-refractivity contribution in [2.75, 3.05) is 33.8 Å². The van der Waals surface area contributed by atoms with Crippen molar-refractivity contribution in [3.8, 4) is 0 Å². The van der Waals surface area contributed by atoms with Gasteiger partial charge in [-0.25, -0.2) is 13.1 Å². The molecule has 0 aliphatic heterocycles. The van der Waals surface area contributed by atoms with E-state index in [1.807, 2.05) is 40.1 Å². The average molecular weight is 328 g/mol. The molecule has 0 spiro atoms. The third-order valence-electron chi connectivity index (χ3n) is 3.43. The predicted molar refractivity (Wildman–Crippen MR) is 89.7 cm³/mol. The van der Waals surface area contributed by atoms with Gasteiger partial charge in [0.15, 0.2) is 0 Å². The van der Waals surface area contributed by atoms with Gasteiger partial charge in [0.25, 0.3) is 0 Å². The number of hydrogen-bond acceptors (Lipinski definition) is 4. The van der Waals surface area contributed by atoms with Crippen LogP contribution < -0.4 is 4.72 Å². The van der Waals surface area contributed by atoms with Crippen LogP contribution in [-0.2, 0) is 14.8 Å². The lowest BCUT2D eigenvalue weighted by Crippen LogP contribution is -2.35. The van der Waals surface area contributed by atoms with E-state index < -0.39 is 10.0 Å². The van der Waals surface area contributed by atoms with Crippen LogP contribution in [-0.4, -0.2) is 53.2 Å². The maximum absolute atomic E-state index is 12.5. The van der Waals surface area contributed by atoms with E-state index in [1.165, 1.54) is 0 Å². The second-order valence-electron chi connectivity index (χ2n) is 5.79. The second kappa shape index (κ2) is 8.62. The molecule has 0 saturated heterocycles. The summed E-state index contributed by atoms with van der Waals surface area (Å²) in [5.74, 6) is 0. The molecule has 0 heterocycles. The van der Waals surface area contributed by atoms with E-state index in [2.05, 4.69) is 9.62 Å². The molecule has 1 unspecified atom stereocenters. The number of nitrogens with one attached hydrogen (secondary N) is 1. The molecule has 126 valence electrons. The molecule has 6 heteroatoms. The lowest BCUT2D eigenvalue weighted by Gasteiger charge is -2.20. The van der Waals surface area contributed by atoms with E-state index in [-0.39, 0.29) is 12.6 Å². The van der Waals surface area contributed by atoms with Crippen molar-refractivity contribution < 1.29 is 13.2 Å². The summed E-state index contributed by atoms with van der Waals surface area (Å²) in [7, 11) is 0.470. The zero-order valence-electron chi connectivity index (χ0n) is 14.2. The van der Waals surface area contributed by atoms with Crippen LogP contribution in [0.2, 0.25) is 0 Å². The van der Waals surface area contributed by atoms with Gasteiger partial charge >= 0.3 is 0 Å². The number of ether oxygens (including phenoxy) is 1. The Morgan fingerprint density at radius 2 is 1.95 bits per heavy atom. The minimum absolute atomic E-state index is 0.118. The Morgan fingerprint density at radius 1 is 1.27 bits per heavy atom. The molecule has 1 aromatic rings. The van der Waals surface area contributed by atoms with Crippen LogP contribution >= 0.6 is 0 Å². The van der Waals surface area contributed by atoms with Gasteiger partial charge in [-0.05, 0) is 58.5 Å². The summed E-state index contributed by atoms with van der Waals surface area (Å²) in [6.07, 6.45) is 0.670. The quantitative estimate of drug-likeness (QED) is 0.752. The first-order valence-electron chi connectivity index (χ1n) is 7.59. The molecular weight excluding hydrogens is 300 g/mol. The van der Waals surface area contributed by atoms with E-state index in [0.29, 0.717) is 11.5 Å². The lowest BCUT2D eigenvalue weighted by molar-refractivity contribution is 0.0554. The zero-order chi connectivity index (χ0) is 16.8. The first-order valence-corrected chi connectivity index (χ1v) is 9.07. The molecule has 0 radical (unpaired) electrons. The van der Waals surface area contributed by atoms with Crippen LogP contribution in [0.3, 0.4) is 0 Å². The fourth-order valence-corrected chi connectivity index (χ4v) is 3.55. The van der Waals surface area contributed by atoms with E-state index in [0.717, 1.165) is 24.1 Å². The van der Waals surface area contributed by atoms with Gasteiger partial charge in [0, 0.05) is 19.7 Å². The molecule has 5 nitrogen and oxygen atoms in total. The van der Waals surface area contributed by atoms with Crippen LogP contribution in [0, 0.1) is 13.8 Å². The molecule has 0 fully saturated rings. The summed E-state index contributed by atoms with van der Waals surface area (Å²) in [5.41, 5.74) is 1.68. The van der Waals surface area contributed by atoms with Gasteiger partial charge in [-0.1, -0.05) is 12.1 Å². The van der Waals surface area contributed by atoms with E-state index >= 15 is 0 Å². The highest BCUT2D eigenvalue weighted by Gasteiger charge is 2.19. The maximum Gasteiger partial charge on any atom is 0.240 e. The highest BCUT2D eigenvalue weighted by molar-refractivity contribution is 7.89. The molecule has 0 aliphatic carbocycles. The summed E-state index contributed by atoms with van der Waals surface area (Å²) in [6.45, 7) is 7.33. The molecular formula is C16H28N2O3S. The lowest BCUT2D eigenvalue weighted by atomic mass is 10.2. The Hall–Kier alpha value is -0.950. The van der Waals surface area contributed by atoms with Gasteiger partial charge in [-0.2, -0.15) is 0 Å². The fourth-order valence-electron chi connectivity index (χ4n) is 2.16. The van der Waals surface area contributed by atoms with Crippen molar-refractivity contribution in [3.63, 3.8) is 0 Å². The third-order valence-corrected chi connectivity index (χ3v) is 5.00. The van der Waals surface area contributed by atoms with Gasteiger partial charge in [0.05, 0.1) is 11.0 Å². The van der Waals surface area contributed by atoms with Gasteiger partial charge < -0.3 is 9.64 Å². The summed E-state index contributed by atoms with van der Waals surface area (Å²) in [5, 5.41) is 0. The second-order valence-corrected chi connectivity index (χ2v) is 7.53. The van der Waals surface area contributed by atoms with Crippen molar-refractivity contribution in [2.45, 2.75) is 38.2 Å². The number of nitrogens with zero attached hydrogens (tertiary/aromatic N) is 1. The van der Waals surface area contributed by atoms with Gasteiger partial charge in [-0.3, -0.25) is 0 Å². The topological polar surface area (TPSA) is 58.6 Å². The van der Waals surface area contributed by atoms with Crippen molar-refractivity contribution in [3.05, 3.63) is 29.3 Å². The first kappa shape index (κ1) is 19.1. The number of hydrogen-bond donors (Lipinski definition) is 1. The molecule has 0 saturated carbocycles. The van der Waals surface area contributed by atoms with Crippen molar-refractivity contribution in [1.29, 1.82) is 0 Å². The third kappa shape index (κ3) is 6.04. The normalized spacial score (nSPS) is 13.5. The smallest absolute Gasteiger partial charge is 0.240 e. The molecule has 22 heavy (non-hydrogen) atoms. The van der Waals surface area contributed by atoms with Gasteiger partial charge in [0.1, 0.15) is 0 Å². The Labute approximate surface area is 134 Å². The van der Waals surface area contributed by atoms with Crippen LogP contribution in [0.4, 0.5) is 0 Å². The van der Waals surface area contributed by atoms with Crippen LogP contribution in [0.1, 0.15) is 24.5 Å². The Bertz CT molecular complexity index is 571. The summed E-state index contributed by atoms with van der Waals surface area (Å²) >= 11 is 0. The van der Waals surface area contributed by atoms with E-state index in [1.54, 1.807) is 13.0 Å². The minimum atomic E-state index is -3.51. The van der Waals surface area contributed by atoms with Crippen molar-refractivity contribution in [1.82, 2.24) is 9.62 Å². The molecule has 0 aromatic heterocycles. The SMILES string of the molecule is CCOC(CCN(C)C)CNS(=O)(=O)c1cc(C)ccc1C. The van der Waals surface area contributed by atoms with Crippen LogP contribution in [0.25, 0.3) is 0 Å². The van der Waals surface area contributed by atoms with Gasteiger partial charge in [-0.15, -0.1) is 0 Å². The van der Waals surface area contributed by atoms with Crippen molar-refractivity contribution in [2.24, 2.45) is 0 Å². The molecule has 1 aromatic carbocycles. The monoisotopic (exact) mass is 328 g/mol. The van der Waals surface area contributed by atoms with Gasteiger partial charge in [0.2, 0.25) is 10.0 Å². The zero-order valence-corrected chi connectivity index (χ0v) is 15.0. The average Bonchev–Trinajstić information content (AvgIpc) is 2.44. The Morgan fingerprint density at radius 3 is 2.55 bits per heavy atom. The molecule has 0 amide bonds. The Balaban J connectivity index is 2.76. The highest BCUT2D eigenvalue weighted by Crippen LogP contribution is 2.16. The first-order chi connectivity index (χ1) is 10.3. The molecule has 0 bridgehead atoms. The number of sulfonamides is 1. The van der Waals surface area contributed by atoms with Crippen molar-refractivity contribution >= 4 is 10.0 Å². The standard InChI is InChI=1S/C16H28N2O3S/c1-6-21-15(9-10-18(4)5)12-17-22(19,20)16-11-13(2)7-8-14(16)3/h7-8,11,15,17H,6,9-10,12H2,1-5H3. The number of aryl methyl sites for hydroxylation is 2. The number of benzene rings is 1. The summed E-state index contributed by atoms with van der Waals surface area (Å²) in [4.78, 5) is 2.40. The molecule has 0 aliphatic rings. The Kier molecular flexibility index (Phi) is 7.48. The molecule has 1 N–H and O–H groups in total. The van der Waals surface area contributed by atoms with E-state index in [4.69, 9.17) is 4.74 Å². The maximum atomic E-state index is 12.5. The summed E-state index contributed by atoms with van der Waals surface area (Å²) < 4.78 is 33.3. The van der Waals surface area contributed by atoms with Crippen LogP contribution in [0.15, 0.2) is 23.1 Å². The number of rotatable bonds is 9. The largest absolute Gasteiger partial charge is 0.377 e. The predicted octanol–water partition coefficient (Wildman–Crippen LogP) is 1.94. The fraction of sp³-hybridized carbons (Fsp3) is 0.625. The van der Waals surface area contributed by atoms with Crippen LogP contribution in [0.5, 0.6) is 0 Å².